The van der Waals surface area contributed by atoms with Gasteiger partial charge in [0, 0.05) is 48.8 Å². The highest BCUT2D eigenvalue weighted by atomic mass is 79.9. The third kappa shape index (κ3) is 8.52. The quantitative estimate of drug-likeness (QED) is 0.149. The number of carbonyl (C=O) groups is 1. The van der Waals surface area contributed by atoms with E-state index < -0.39 is 11.3 Å². The summed E-state index contributed by atoms with van der Waals surface area (Å²) in [5, 5.41) is 0. The maximum absolute atomic E-state index is 14.0. The average molecular weight is 798 g/mol. The molecule has 3 aromatic carbocycles. The van der Waals surface area contributed by atoms with Crippen molar-refractivity contribution < 1.29 is 28.5 Å². The summed E-state index contributed by atoms with van der Waals surface area (Å²) in [6.45, 7) is 5.92. The van der Waals surface area contributed by atoms with Gasteiger partial charge < -0.3 is 39.7 Å². The summed E-state index contributed by atoms with van der Waals surface area (Å²) in [4.78, 5) is 31.7. The van der Waals surface area contributed by atoms with Crippen molar-refractivity contribution in [3.63, 3.8) is 0 Å². The van der Waals surface area contributed by atoms with E-state index in [-0.39, 0.29) is 28.6 Å². The molecule has 0 bridgehead atoms. The number of hydrogen-bond acceptors (Lipinski definition) is 9. The van der Waals surface area contributed by atoms with Gasteiger partial charge in [-0.25, -0.2) is 4.98 Å². The molecule has 2 fully saturated rings. The molecule has 1 atom stereocenters. The largest absolute Gasteiger partial charge is 0.493 e. The number of methoxy groups -OCH3 is 1. The van der Waals surface area contributed by atoms with Gasteiger partial charge in [-0.15, -0.1) is 17.0 Å². The number of rotatable bonds is 11. The summed E-state index contributed by atoms with van der Waals surface area (Å²) < 4.78 is 30.5. The molecular formula is C42H45BrN4O7. The zero-order valence-corrected chi connectivity index (χ0v) is 32.1. The van der Waals surface area contributed by atoms with Crippen molar-refractivity contribution in [3.05, 3.63) is 107 Å². The van der Waals surface area contributed by atoms with E-state index in [1.807, 2.05) is 90.5 Å². The number of aromatic nitrogens is 2. The summed E-state index contributed by atoms with van der Waals surface area (Å²) in [6.07, 6.45) is 5.21. The van der Waals surface area contributed by atoms with Gasteiger partial charge in [-0.2, -0.15) is 0 Å². The van der Waals surface area contributed by atoms with E-state index in [1.165, 1.54) is 0 Å². The molecule has 0 unspecified atom stereocenters. The molecule has 282 valence electrons. The fraction of sp³-hybridized carbons (Fsp3) is 0.310. The summed E-state index contributed by atoms with van der Waals surface area (Å²) in [6, 6.07) is 23.0. The molecule has 1 amide bonds. The van der Waals surface area contributed by atoms with Crippen LogP contribution in [0.5, 0.6) is 11.5 Å². The summed E-state index contributed by atoms with van der Waals surface area (Å²) >= 11 is 0. The Morgan fingerprint density at radius 2 is 1.54 bits per heavy atom. The maximum atomic E-state index is 14.0. The molecule has 54 heavy (non-hydrogen) atoms. The Morgan fingerprint density at radius 3 is 2.22 bits per heavy atom. The minimum Gasteiger partial charge on any atom is -0.493 e. The number of nitrogens with zero attached hydrogens (tertiary/aromatic N) is 2. The average Bonchev–Trinajstić information content (AvgIpc) is 3.19. The van der Waals surface area contributed by atoms with Crippen LogP contribution in [0.2, 0.25) is 0 Å². The van der Waals surface area contributed by atoms with Crippen molar-refractivity contribution in [2.75, 3.05) is 52.5 Å². The molecule has 2 saturated heterocycles. The number of anilines is 1. The van der Waals surface area contributed by atoms with Crippen LogP contribution in [-0.4, -0.2) is 68.3 Å². The van der Waals surface area contributed by atoms with Crippen molar-refractivity contribution in [2.45, 2.75) is 32.4 Å². The molecule has 12 heteroatoms. The van der Waals surface area contributed by atoms with Gasteiger partial charge in [0.15, 0.2) is 11.5 Å². The third-order valence-corrected chi connectivity index (χ3v) is 9.88. The number of nitrogens with two attached hydrogens (primary N) is 2. The van der Waals surface area contributed by atoms with E-state index in [4.69, 9.17) is 35.2 Å². The Hall–Kier alpha value is -5.01. The lowest BCUT2D eigenvalue weighted by molar-refractivity contribution is -0.101. The number of hydrogen-bond donors (Lipinski definition) is 2. The van der Waals surface area contributed by atoms with Crippen LogP contribution in [0.3, 0.4) is 0 Å². The topological polar surface area (TPSA) is 150 Å². The number of ether oxygens (including phenoxy) is 5. The molecule has 2 aromatic heterocycles. The number of amides is 1. The van der Waals surface area contributed by atoms with E-state index in [2.05, 4.69) is 4.98 Å². The van der Waals surface area contributed by atoms with E-state index >= 15 is 0 Å². The van der Waals surface area contributed by atoms with Gasteiger partial charge in [0.25, 0.3) is 5.91 Å². The number of nitrogen functional groups attached to an aromatic ring is 1. The van der Waals surface area contributed by atoms with Crippen LogP contribution in [0, 0.1) is 12.8 Å². The first-order valence-electron chi connectivity index (χ1n) is 17.9. The first-order valence-corrected chi connectivity index (χ1v) is 17.9. The Bertz CT molecular complexity index is 2140. The lowest BCUT2D eigenvalue weighted by Crippen LogP contribution is -2.33. The number of benzene rings is 3. The van der Waals surface area contributed by atoms with E-state index in [9.17, 15) is 9.59 Å². The van der Waals surface area contributed by atoms with Gasteiger partial charge in [0.1, 0.15) is 24.1 Å². The lowest BCUT2D eigenvalue weighted by Gasteiger charge is -2.26. The summed E-state index contributed by atoms with van der Waals surface area (Å²) in [5.41, 5.74) is 18.7. The van der Waals surface area contributed by atoms with Crippen LogP contribution < -0.4 is 26.4 Å². The Morgan fingerprint density at radius 1 is 0.852 bits per heavy atom. The number of pyridine rings is 2. The monoisotopic (exact) mass is 796 g/mol. The number of primary amides is 1. The maximum Gasteiger partial charge on any atom is 0.254 e. The number of carbonyl (C=O) groups excluding carboxylic acids is 1. The molecule has 2 aliphatic rings. The van der Waals surface area contributed by atoms with Crippen LogP contribution in [0.1, 0.15) is 28.8 Å². The van der Waals surface area contributed by atoms with Crippen molar-refractivity contribution >= 4 is 28.7 Å². The van der Waals surface area contributed by atoms with Crippen LogP contribution in [0.25, 0.3) is 44.6 Å². The fourth-order valence-electron chi connectivity index (χ4n) is 6.95. The highest BCUT2D eigenvalue weighted by Gasteiger charge is 2.25. The van der Waals surface area contributed by atoms with E-state index in [0.717, 1.165) is 46.2 Å². The van der Waals surface area contributed by atoms with E-state index in [0.29, 0.717) is 86.2 Å². The lowest BCUT2D eigenvalue weighted by atomic mass is 9.94. The normalized spacial score (nSPS) is 16.0. The molecule has 4 N–H and O–H groups in total. The highest BCUT2D eigenvalue weighted by Crippen LogP contribution is 2.36. The van der Waals surface area contributed by atoms with Gasteiger partial charge >= 0.3 is 0 Å². The molecular weight excluding hydrogens is 752 g/mol. The SMILES string of the molecule is Br.COc1cc(-c2cnc(N)c(-c3ccc(-c4c(C(N)=O)c(=O)c(-c5ccc(C)cc5)cn4CC4CCOCC4)cc3)c2)ccc1OC[C@H]1COCCO1. The van der Waals surface area contributed by atoms with Crippen LogP contribution in [0.4, 0.5) is 5.82 Å². The predicted molar refractivity (Wildman–Crippen MR) is 214 cm³/mol. The Labute approximate surface area is 324 Å². The van der Waals surface area contributed by atoms with Crippen LogP contribution in [0.15, 0.2) is 90.0 Å². The molecule has 2 aliphatic heterocycles. The summed E-state index contributed by atoms with van der Waals surface area (Å²) in [5.74, 6) is 1.08. The second-order valence-corrected chi connectivity index (χ2v) is 13.5. The minimum absolute atomic E-state index is 0. The first kappa shape index (κ1) is 38.7. The molecule has 11 nitrogen and oxygen atoms in total. The molecule has 0 radical (unpaired) electrons. The molecule has 7 rings (SSSR count). The Kier molecular flexibility index (Phi) is 12.5. The first-order chi connectivity index (χ1) is 25.8. The molecule has 0 aliphatic carbocycles. The standard InChI is InChI=1S/C42H44N4O7.BrH/c1-26-3-5-29(6-4-26)35-23-46(22-27-13-15-50-16-14-27)39(38(40(35)47)42(44)48)30-9-7-28(8-10-30)34-19-32(21-45-41(34)43)31-11-12-36(37(20-31)49-2)53-25-33-24-51-17-18-52-33;/h3-12,19-21,23,27,33H,13-18,22,24-25H2,1-2H3,(H2,43,45)(H2,44,48);1H/t33-;/m1./s1. The van der Waals surface area contributed by atoms with Crippen molar-refractivity contribution in [1.29, 1.82) is 0 Å². The van der Waals surface area contributed by atoms with E-state index in [1.54, 1.807) is 13.3 Å². The second-order valence-electron chi connectivity index (χ2n) is 13.5. The minimum atomic E-state index is -0.770. The predicted octanol–water partition coefficient (Wildman–Crippen LogP) is 6.71. The van der Waals surface area contributed by atoms with Crippen molar-refractivity contribution in [1.82, 2.24) is 9.55 Å². The molecule has 0 spiro atoms. The zero-order valence-electron chi connectivity index (χ0n) is 30.4. The highest BCUT2D eigenvalue weighted by molar-refractivity contribution is 8.93. The molecule has 4 heterocycles. The van der Waals surface area contributed by atoms with Gasteiger partial charge in [-0.3, -0.25) is 9.59 Å². The van der Waals surface area contributed by atoms with Crippen LogP contribution in [-0.2, 0) is 20.8 Å². The van der Waals surface area contributed by atoms with Gasteiger partial charge in [-0.05, 0) is 66.1 Å². The van der Waals surface area contributed by atoms with Crippen molar-refractivity contribution in [3.8, 4) is 56.1 Å². The summed E-state index contributed by atoms with van der Waals surface area (Å²) in [7, 11) is 1.60. The molecule has 0 saturated carbocycles. The van der Waals surface area contributed by atoms with Gasteiger partial charge in [0.2, 0.25) is 5.43 Å². The zero-order chi connectivity index (χ0) is 36.9. The van der Waals surface area contributed by atoms with Crippen LogP contribution >= 0.6 is 17.0 Å². The molecule has 5 aromatic rings. The van der Waals surface area contributed by atoms with Gasteiger partial charge in [-0.1, -0.05) is 60.2 Å². The second kappa shape index (κ2) is 17.4. The fourth-order valence-corrected chi connectivity index (χ4v) is 6.95. The smallest absolute Gasteiger partial charge is 0.254 e. The number of halogens is 1. The van der Waals surface area contributed by atoms with Gasteiger partial charge in [0.05, 0.1) is 32.6 Å². The van der Waals surface area contributed by atoms with Crippen molar-refractivity contribution in [2.24, 2.45) is 11.7 Å². The third-order valence-electron chi connectivity index (χ3n) is 9.88. The number of aryl methyl sites for hydroxylation is 1. The Balaban J connectivity index is 0.00000497.